The fourth-order valence-electron chi connectivity index (χ4n) is 2.99. The molecule has 1 aromatic heterocycles. The Morgan fingerprint density at radius 3 is 3.16 bits per heavy atom. The van der Waals surface area contributed by atoms with Gasteiger partial charge in [-0.3, -0.25) is 9.78 Å². The van der Waals surface area contributed by atoms with Crippen molar-refractivity contribution in [2.45, 2.75) is 31.1 Å². The normalized spacial score (nSPS) is 30.2. The Hall–Kier alpha value is -1.46. The number of rotatable bonds is 2. The zero-order valence-corrected chi connectivity index (χ0v) is 11.0. The van der Waals surface area contributed by atoms with Gasteiger partial charge in [0.25, 0.3) is 5.91 Å². The highest BCUT2D eigenvalue weighted by Crippen LogP contribution is 2.31. The molecule has 2 saturated heterocycles. The third-order valence-corrected chi connectivity index (χ3v) is 3.92. The molecule has 0 saturated carbocycles. The third kappa shape index (κ3) is 2.24. The Bertz CT molecular complexity index is 451. The van der Waals surface area contributed by atoms with Gasteiger partial charge in [-0.1, -0.05) is 6.07 Å². The highest BCUT2D eigenvalue weighted by atomic mass is 16.5. The fourth-order valence-corrected chi connectivity index (χ4v) is 2.99. The molecule has 5 nitrogen and oxygen atoms in total. The molecule has 0 aliphatic carbocycles. The van der Waals surface area contributed by atoms with Crippen LogP contribution in [0.2, 0.25) is 0 Å². The van der Waals surface area contributed by atoms with Crippen LogP contribution in [0.3, 0.4) is 0 Å². The molecular formula is C14H18N2O3. The maximum Gasteiger partial charge on any atom is 0.272 e. The monoisotopic (exact) mass is 262 g/mol. The van der Waals surface area contributed by atoms with Crippen LogP contribution in [-0.4, -0.2) is 54.3 Å². The minimum absolute atomic E-state index is 0.00594. The lowest BCUT2D eigenvalue weighted by Gasteiger charge is -2.31. The number of likely N-dealkylation sites (tertiary alicyclic amines) is 1. The van der Waals surface area contributed by atoms with E-state index < -0.39 is 0 Å². The summed E-state index contributed by atoms with van der Waals surface area (Å²) in [4.78, 5) is 18.5. The number of hydrogen-bond acceptors (Lipinski definition) is 4. The molecule has 3 atom stereocenters. The molecule has 0 N–H and O–H groups in total. The first-order valence-corrected chi connectivity index (χ1v) is 6.67. The molecule has 102 valence electrons. The van der Waals surface area contributed by atoms with Gasteiger partial charge in [0.05, 0.1) is 12.6 Å². The summed E-state index contributed by atoms with van der Waals surface area (Å²) in [6.07, 6.45) is 3.59. The van der Waals surface area contributed by atoms with E-state index in [1.807, 2.05) is 17.0 Å². The molecule has 0 radical (unpaired) electrons. The molecule has 0 bridgehead atoms. The van der Waals surface area contributed by atoms with E-state index in [-0.39, 0.29) is 24.2 Å². The summed E-state index contributed by atoms with van der Waals surface area (Å²) in [7, 11) is 1.68. The average molecular weight is 262 g/mol. The largest absolute Gasteiger partial charge is 0.377 e. The second kappa shape index (κ2) is 5.27. The Kier molecular flexibility index (Phi) is 3.48. The van der Waals surface area contributed by atoms with Crippen LogP contribution in [0.15, 0.2) is 24.4 Å². The van der Waals surface area contributed by atoms with E-state index in [1.54, 1.807) is 19.4 Å². The summed E-state index contributed by atoms with van der Waals surface area (Å²) in [5, 5.41) is 0. The molecule has 3 heterocycles. The van der Waals surface area contributed by atoms with Gasteiger partial charge in [-0.15, -0.1) is 0 Å². The standard InChI is InChI=1S/C14H18N2O3/c1-18-12-9-16(11-6-4-8-19-13(11)12)14(17)10-5-2-3-7-15-10/h2-3,5,7,11-13H,4,6,8-9H2,1H3/t11-,12+,13+/m0/s1. The third-order valence-electron chi connectivity index (χ3n) is 3.92. The van der Waals surface area contributed by atoms with Crippen LogP contribution in [0, 0.1) is 0 Å². The molecule has 19 heavy (non-hydrogen) atoms. The SMILES string of the molecule is CO[C@@H]1CN(C(=O)c2ccccn2)[C@H]2CCCO[C@@H]12. The van der Waals surface area contributed by atoms with Gasteiger partial charge in [0.1, 0.15) is 17.9 Å². The van der Waals surface area contributed by atoms with Crippen LogP contribution in [0.25, 0.3) is 0 Å². The Balaban J connectivity index is 1.82. The first kappa shape index (κ1) is 12.6. The van der Waals surface area contributed by atoms with Crippen LogP contribution in [-0.2, 0) is 9.47 Å². The van der Waals surface area contributed by atoms with Crippen molar-refractivity contribution >= 4 is 5.91 Å². The summed E-state index contributed by atoms with van der Waals surface area (Å²) in [5.41, 5.74) is 0.489. The van der Waals surface area contributed by atoms with Gasteiger partial charge in [-0.2, -0.15) is 0 Å². The van der Waals surface area contributed by atoms with Crippen molar-refractivity contribution in [3.8, 4) is 0 Å². The maximum atomic E-state index is 12.5. The Morgan fingerprint density at radius 2 is 2.42 bits per heavy atom. The number of aromatic nitrogens is 1. The second-order valence-corrected chi connectivity index (χ2v) is 4.99. The highest BCUT2D eigenvalue weighted by molar-refractivity contribution is 5.92. The van der Waals surface area contributed by atoms with E-state index in [0.29, 0.717) is 12.2 Å². The van der Waals surface area contributed by atoms with Gasteiger partial charge >= 0.3 is 0 Å². The molecule has 1 amide bonds. The predicted octanol–water partition coefficient (Wildman–Crippen LogP) is 1.10. The number of carbonyl (C=O) groups excluding carboxylic acids is 1. The van der Waals surface area contributed by atoms with Gasteiger partial charge < -0.3 is 14.4 Å². The van der Waals surface area contributed by atoms with Crippen LogP contribution in [0.4, 0.5) is 0 Å². The van der Waals surface area contributed by atoms with Crippen LogP contribution >= 0.6 is 0 Å². The molecule has 2 aliphatic heterocycles. The molecule has 1 aromatic rings. The lowest BCUT2D eigenvalue weighted by molar-refractivity contribution is -0.0639. The van der Waals surface area contributed by atoms with Crippen molar-refractivity contribution < 1.29 is 14.3 Å². The van der Waals surface area contributed by atoms with Gasteiger partial charge in [0.2, 0.25) is 0 Å². The van der Waals surface area contributed by atoms with Crippen molar-refractivity contribution in [2.24, 2.45) is 0 Å². The number of pyridine rings is 1. The lowest BCUT2D eigenvalue weighted by Crippen LogP contribution is -2.44. The predicted molar refractivity (Wildman–Crippen MR) is 68.8 cm³/mol. The summed E-state index contributed by atoms with van der Waals surface area (Å²) >= 11 is 0. The topological polar surface area (TPSA) is 51.7 Å². The first-order chi connectivity index (χ1) is 9.31. The van der Waals surface area contributed by atoms with E-state index in [2.05, 4.69) is 4.98 Å². The highest BCUT2D eigenvalue weighted by Gasteiger charge is 2.46. The van der Waals surface area contributed by atoms with E-state index in [4.69, 9.17) is 9.47 Å². The summed E-state index contributed by atoms with van der Waals surface area (Å²) in [6, 6.07) is 5.51. The van der Waals surface area contributed by atoms with Crippen LogP contribution in [0.5, 0.6) is 0 Å². The molecule has 0 unspecified atom stereocenters. The molecule has 5 heteroatoms. The summed E-state index contributed by atoms with van der Waals surface area (Å²) in [6.45, 7) is 1.34. The summed E-state index contributed by atoms with van der Waals surface area (Å²) < 4.78 is 11.2. The average Bonchev–Trinajstić information content (AvgIpc) is 2.86. The first-order valence-electron chi connectivity index (χ1n) is 6.67. The van der Waals surface area contributed by atoms with E-state index in [9.17, 15) is 4.79 Å². The van der Waals surface area contributed by atoms with Crippen molar-refractivity contribution in [2.75, 3.05) is 20.3 Å². The van der Waals surface area contributed by atoms with Gasteiger partial charge in [0, 0.05) is 19.9 Å². The van der Waals surface area contributed by atoms with Gasteiger partial charge in [0.15, 0.2) is 0 Å². The Labute approximate surface area is 112 Å². The minimum atomic E-state index is -0.0297. The number of ether oxygens (including phenoxy) is 2. The number of methoxy groups -OCH3 is 1. The molecule has 2 fully saturated rings. The van der Waals surface area contributed by atoms with E-state index >= 15 is 0 Å². The maximum absolute atomic E-state index is 12.5. The van der Waals surface area contributed by atoms with Gasteiger partial charge in [-0.25, -0.2) is 0 Å². The number of carbonyl (C=O) groups is 1. The number of amides is 1. The van der Waals surface area contributed by atoms with Crippen molar-refractivity contribution in [3.05, 3.63) is 30.1 Å². The molecule has 0 aromatic carbocycles. The smallest absolute Gasteiger partial charge is 0.272 e. The molecular weight excluding hydrogens is 244 g/mol. The van der Waals surface area contributed by atoms with E-state index in [0.717, 1.165) is 19.4 Å². The minimum Gasteiger partial charge on any atom is -0.377 e. The number of nitrogens with zero attached hydrogens (tertiary/aromatic N) is 2. The number of fused-ring (bicyclic) bond motifs is 1. The molecule has 3 rings (SSSR count). The van der Waals surface area contributed by atoms with Crippen molar-refractivity contribution in [1.82, 2.24) is 9.88 Å². The quantitative estimate of drug-likeness (QED) is 0.801. The Morgan fingerprint density at radius 1 is 1.53 bits per heavy atom. The van der Waals surface area contributed by atoms with Crippen LogP contribution < -0.4 is 0 Å². The lowest BCUT2D eigenvalue weighted by atomic mass is 10.0. The zero-order valence-electron chi connectivity index (χ0n) is 11.0. The van der Waals surface area contributed by atoms with Crippen molar-refractivity contribution in [1.29, 1.82) is 0 Å². The molecule has 2 aliphatic rings. The van der Waals surface area contributed by atoms with Crippen molar-refractivity contribution in [3.63, 3.8) is 0 Å². The second-order valence-electron chi connectivity index (χ2n) is 4.99. The molecule has 0 spiro atoms. The van der Waals surface area contributed by atoms with E-state index in [1.165, 1.54) is 0 Å². The zero-order chi connectivity index (χ0) is 13.2. The van der Waals surface area contributed by atoms with Gasteiger partial charge in [-0.05, 0) is 25.0 Å². The number of hydrogen-bond donors (Lipinski definition) is 0. The summed E-state index contributed by atoms with van der Waals surface area (Å²) in [5.74, 6) is -0.0272. The fraction of sp³-hybridized carbons (Fsp3) is 0.571. The van der Waals surface area contributed by atoms with Crippen LogP contribution in [0.1, 0.15) is 23.3 Å².